The fourth-order valence-corrected chi connectivity index (χ4v) is 1.17. The third-order valence-corrected chi connectivity index (χ3v) is 2.19. The zero-order valence-corrected chi connectivity index (χ0v) is 7.86. The fraction of sp³-hybridized carbons (Fsp3) is 0.364. The third kappa shape index (κ3) is 3.28. The third-order valence-electron chi connectivity index (χ3n) is 2.19. The van der Waals surface area contributed by atoms with Crippen LogP contribution in [0.5, 0.6) is 0 Å². The van der Waals surface area contributed by atoms with Crippen LogP contribution in [0.4, 0.5) is 0 Å². The van der Waals surface area contributed by atoms with Gasteiger partial charge in [0.1, 0.15) is 0 Å². The number of hydrogen-bond donors (Lipinski definition) is 1. The van der Waals surface area contributed by atoms with E-state index in [1.54, 1.807) is 0 Å². The van der Waals surface area contributed by atoms with Crippen LogP contribution in [0.15, 0.2) is 30.3 Å². The average Bonchev–Trinajstić information content (AvgIpc) is 2.15. The summed E-state index contributed by atoms with van der Waals surface area (Å²) in [5.74, 6) is -0.240. The molecular formula is C11H15NO. The Bertz CT molecular complexity index is 269. The van der Waals surface area contributed by atoms with E-state index < -0.39 is 0 Å². The summed E-state index contributed by atoms with van der Waals surface area (Å²) in [7, 11) is 0. The molecule has 0 radical (unpaired) electrons. The smallest absolute Gasteiger partial charge is 0.220 e. The van der Waals surface area contributed by atoms with Crippen LogP contribution in [0.3, 0.4) is 0 Å². The summed E-state index contributed by atoms with van der Waals surface area (Å²) < 4.78 is 0. The van der Waals surface area contributed by atoms with Crippen molar-refractivity contribution in [2.24, 2.45) is 11.7 Å². The molecule has 0 aliphatic carbocycles. The minimum atomic E-state index is -0.212. The van der Waals surface area contributed by atoms with Crippen molar-refractivity contribution in [2.45, 2.75) is 19.8 Å². The number of carbonyl (C=O) groups is 1. The molecule has 0 aromatic heterocycles. The van der Waals surface area contributed by atoms with Gasteiger partial charge in [0.2, 0.25) is 5.91 Å². The molecule has 2 heteroatoms. The SMILES string of the molecule is C[C@@H](CCc1ccccc1)C(N)=O. The van der Waals surface area contributed by atoms with Crippen molar-refractivity contribution in [2.75, 3.05) is 0 Å². The summed E-state index contributed by atoms with van der Waals surface area (Å²) in [5, 5.41) is 0. The van der Waals surface area contributed by atoms with E-state index in [1.807, 2.05) is 25.1 Å². The zero-order chi connectivity index (χ0) is 9.68. The monoisotopic (exact) mass is 177 g/mol. The largest absolute Gasteiger partial charge is 0.369 e. The van der Waals surface area contributed by atoms with Gasteiger partial charge in [-0.15, -0.1) is 0 Å². The molecule has 0 aliphatic heterocycles. The lowest BCUT2D eigenvalue weighted by Gasteiger charge is -2.06. The maximum atomic E-state index is 10.7. The average molecular weight is 177 g/mol. The Labute approximate surface area is 78.8 Å². The highest BCUT2D eigenvalue weighted by atomic mass is 16.1. The number of benzene rings is 1. The van der Waals surface area contributed by atoms with Gasteiger partial charge in [-0.2, -0.15) is 0 Å². The van der Waals surface area contributed by atoms with Crippen molar-refractivity contribution in [3.8, 4) is 0 Å². The van der Waals surface area contributed by atoms with Crippen molar-refractivity contribution < 1.29 is 4.79 Å². The summed E-state index contributed by atoms with van der Waals surface area (Å²) in [6.07, 6.45) is 1.75. The molecule has 0 unspecified atom stereocenters. The number of carbonyl (C=O) groups excluding carboxylic acids is 1. The van der Waals surface area contributed by atoms with Crippen LogP contribution in [0.25, 0.3) is 0 Å². The zero-order valence-electron chi connectivity index (χ0n) is 7.86. The predicted octanol–water partition coefficient (Wildman–Crippen LogP) is 1.74. The normalized spacial score (nSPS) is 12.4. The van der Waals surface area contributed by atoms with Gasteiger partial charge in [0.05, 0.1) is 0 Å². The molecule has 1 rings (SSSR count). The van der Waals surface area contributed by atoms with E-state index in [0.29, 0.717) is 0 Å². The summed E-state index contributed by atoms with van der Waals surface area (Å²) in [6.45, 7) is 1.87. The maximum Gasteiger partial charge on any atom is 0.220 e. The molecule has 1 atom stereocenters. The lowest BCUT2D eigenvalue weighted by Crippen LogP contribution is -2.20. The van der Waals surface area contributed by atoms with E-state index in [9.17, 15) is 4.79 Å². The first kappa shape index (κ1) is 9.78. The highest BCUT2D eigenvalue weighted by Gasteiger charge is 2.07. The van der Waals surface area contributed by atoms with Crippen LogP contribution in [-0.4, -0.2) is 5.91 Å². The van der Waals surface area contributed by atoms with Crippen LogP contribution in [0, 0.1) is 5.92 Å². The molecule has 13 heavy (non-hydrogen) atoms. The van der Waals surface area contributed by atoms with E-state index in [0.717, 1.165) is 12.8 Å². The van der Waals surface area contributed by atoms with Crippen LogP contribution in [0.1, 0.15) is 18.9 Å². The van der Waals surface area contributed by atoms with Crippen molar-refractivity contribution in [1.29, 1.82) is 0 Å². The molecule has 0 fully saturated rings. The maximum absolute atomic E-state index is 10.7. The molecule has 2 nitrogen and oxygen atoms in total. The fourth-order valence-electron chi connectivity index (χ4n) is 1.17. The molecule has 0 spiro atoms. The number of nitrogens with two attached hydrogens (primary N) is 1. The van der Waals surface area contributed by atoms with Gasteiger partial charge < -0.3 is 5.73 Å². The lowest BCUT2D eigenvalue weighted by atomic mass is 10.0. The van der Waals surface area contributed by atoms with E-state index in [-0.39, 0.29) is 11.8 Å². The summed E-state index contributed by atoms with van der Waals surface area (Å²) >= 11 is 0. The summed E-state index contributed by atoms with van der Waals surface area (Å²) in [4.78, 5) is 10.7. The Morgan fingerprint density at radius 2 is 2.00 bits per heavy atom. The molecule has 70 valence electrons. The predicted molar refractivity (Wildman–Crippen MR) is 53.1 cm³/mol. The summed E-state index contributed by atoms with van der Waals surface area (Å²) in [6, 6.07) is 10.1. The van der Waals surface area contributed by atoms with Gasteiger partial charge in [-0.1, -0.05) is 37.3 Å². The van der Waals surface area contributed by atoms with Gasteiger partial charge in [-0.25, -0.2) is 0 Å². The number of amides is 1. The highest BCUT2D eigenvalue weighted by Crippen LogP contribution is 2.08. The van der Waals surface area contributed by atoms with Crippen LogP contribution >= 0.6 is 0 Å². The van der Waals surface area contributed by atoms with Crippen molar-refractivity contribution in [3.63, 3.8) is 0 Å². The highest BCUT2D eigenvalue weighted by molar-refractivity contribution is 5.76. The Morgan fingerprint density at radius 3 is 2.54 bits per heavy atom. The van der Waals surface area contributed by atoms with E-state index in [2.05, 4.69) is 12.1 Å². The van der Waals surface area contributed by atoms with Gasteiger partial charge in [0, 0.05) is 5.92 Å². The van der Waals surface area contributed by atoms with Crippen molar-refractivity contribution in [3.05, 3.63) is 35.9 Å². The van der Waals surface area contributed by atoms with Gasteiger partial charge in [-0.3, -0.25) is 4.79 Å². The Hall–Kier alpha value is -1.31. The van der Waals surface area contributed by atoms with Crippen LogP contribution < -0.4 is 5.73 Å². The molecular weight excluding hydrogens is 162 g/mol. The lowest BCUT2D eigenvalue weighted by molar-refractivity contribution is -0.121. The number of rotatable bonds is 4. The number of primary amides is 1. The van der Waals surface area contributed by atoms with Crippen molar-refractivity contribution >= 4 is 5.91 Å². The van der Waals surface area contributed by atoms with Crippen LogP contribution in [0.2, 0.25) is 0 Å². The van der Waals surface area contributed by atoms with Gasteiger partial charge in [0.25, 0.3) is 0 Å². The topological polar surface area (TPSA) is 43.1 Å². The quantitative estimate of drug-likeness (QED) is 0.748. The standard InChI is InChI=1S/C11H15NO/c1-9(11(12)13)7-8-10-5-3-2-4-6-10/h2-6,9H,7-8H2,1H3,(H2,12,13)/t9-/m0/s1. The Morgan fingerprint density at radius 1 is 1.38 bits per heavy atom. The van der Waals surface area contributed by atoms with E-state index in [4.69, 9.17) is 5.73 Å². The summed E-state index contributed by atoms with van der Waals surface area (Å²) in [5.41, 5.74) is 6.42. The molecule has 0 heterocycles. The molecule has 0 bridgehead atoms. The van der Waals surface area contributed by atoms with Crippen molar-refractivity contribution in [1.82, 2.24) is 0 Å². The first-order valence-electron chi connectivity index (χ1n) is 4.53. The Balaban J connectivity index is 2.39. The molecule has 1 aromatic rings. The van der Waals surface area contributed by atoms with Gasteiger partial charge in [0.15, 0.2) is 0 Å². The molecule has 0 saturated carbocycles. The minimum Gasteiger partial charge on any atom is -0.369 e. The second kappa shape index (κ2) is 4.65. The van der Waals surface area contributed by atoms with Gasteiger partial charge >= 0.3 is 0 Å². The van der Waals surface area contributed by atoms with Crippen LogP contribution in [-0.2, 0) is 11.2 Å². The minimum absolute atomic E-state index is 0.0276. The number of hydrogen-bond acceptors (Lipinski definition) is 1. The van der Waals surface area contributed by atoms with Gasteiger partial charge in [-0.05, 0) is 18.4 Å². The Kier molecular flexibility index (Phi) is 3.50. The molecule has 1 aromatic carbocycles. The first-order valence-corrected chi connectivity index (χ1v) is 4.53. The molecule has 2 N–H and O–H groups in total. The van der Waals surface area contributed by atoms with E-state index in [1.165, 1.54) is 5.56 Å². The van der Waals surface area contributed by atoms with E-state index >= 15 is 0 Å². The molecule has 0 saturated heterocycles. The number of aryl methyl sites for hydroxylation is 1. The molecule has 0 aliphatic rings. The second-order valence-electron chi connectivity index (χ2n) is 3.33. The molecule has 1 amide bonds. The first-order chi connectivity index (χ1) is 6.20. The second-order valence-corrected chi connectivity index (χ2v) is 3.33.